The number of ether oxygens (including phenoxy) is 2. The molecule has 2 aromatic carbocycles. The van der Waals surface area contributed by atoms with E-state index in [1.165, 1.54) is 5.57 Å². The van der Waals surface area contributed by atoms with Crippen molar-refractivity contribution >= 4 is 12.4 Å². The summed E-state index contributed by atoms with van der Waals surface area (Å²) in [5, 5.41) is 0. The van der Waals surface area contributed by atoms with E-state index < -0.39 is 6.10 Å². The Bertz CT molecular complexity index is 942. The molecule has 0 spiro atoms. The molecule has 0 unspecified atom stereocenters. The molecule has 0 heterocycles. The molecule has 2 aromatic rings. The third-order valence-electron chi connectivity index (χ3n) is 5.95. The zero-order chi connectivity index (χ0) is 26.2. The highest BCUT2D eigenvalue weighted by Gasteiger charge is 2.18. The van der Waals surface area contributed by atoms with Crippen molar-refractivity contribution in [1.82, 2.24) is 0 Å². The summed E-state index contributed by atoms with van der Waals surface area (Å²) in [5.41, 5.74) is 3.98. The second kappa shape index (κ2) is 16.3. The Morgan fingerprint density at radius 3 is 2.06 bits per heavy atom. The molecule has 0 aromatic heterocycles. The maximum atomic E-state index is 12.8. The molecule has 0 saturated heterocycles. The first-order valence-electron chi connectivity index (χ1n) is 12.6. The molecule has 2 atom stereocenters. The number of carbonyl (C=O) groups is 2. The Kier molecular flexibility index (Phi) is 13.1. The summed E-state index contributed by atoms with van der Waals surface area (Å²) in [4.78, 5) is 23.3. The number of allylic oxidation sites excluding steroid dienone is 3. The van der Waals surface area contributed by atoms with E-state index >= 15 is 0 Å². The second-order valence-corrected chi connectivity index (χ2v) is 9.31. The van der Waals surface area contributed by atoms with E-state index in [0.717, 1.165) is 48.8 Å². The molecule has 0 fully saturated rings. The Morgan fingerprint density at radius 1 is 0.917 bits per heavy atom. The minimum Gasteiger partial charge on any atom is -0.464 e. The summed E-state index contributed by atoms with van der Waals surface area (Å²) in [5.74, 6) is 0.168. The van der Waals surface area contributed by atoms with Crippen molar-refractivity contribution in [2.24, 2.45) is 5.92 Å². The van der Waals surface area contributed by atoms with Crippen molar-refractivity contribution in [2.75, 3.05) is 0 Å². The van der Waals surface area contributed by atoms with E-state index in [-0.39, 0.29) is 12.1 Å². The van der Waals surface area contributed by atoms with Crippen molar-refractivity contribution in [3.05, 3.63) is 114 Å². The minimum atomic E-state index is -0.449. The molecule has 0 aliphatic rings. The number of benzene rings is 2. The van der Waals surface area contributed by atoms with Crippen LogP contribution in [0.3, 0.4) is 0 Å². The van der Waals surface area contributed by atoms with Gasteiger partial charge in [-0.3, -0.25) is 4.79 Å². The Labute approximate surface area is 216 Å². The van der Waals surface area contributed by atoms with E-state index in [1.807, 2.05) is 74.0 Å². The largest absolute Gasteiger partial charge is 0.464 e. The molecule has 1 radical (unpaired) electrons. The van der Waals surface area contributed by atoms with Crippen LogP contribution in [0.4, 0.5) is 0 Å². The smallest absolute Gasteiger partial charge is 0.331 e. The predicted octanol–water partition coefficient (Wildman–Crippen LogP) is 7.73. The topological polar surface area (TPSA) is 52.6 Å². The van der Waals surface area contributed by atoms with Gasteiger partial charge >= 0.3 is 5.97 Å². The lowest BCUT2D eigenvalue weighted by molar-refractivity contribution is -0.141. The third-order valence-corrected chi connectivity index (χ3v) is 5.95. The van der Waals surface area contributed by atoms with E-state index in [1.54, 1.807) is 12.2 Å². The Balaban J connectivity index is 1.89. The van der Waals surface area contributed by atoms with Crippen molar-refractivity contribution in [3.8, 4) is 0 Å². The fourth-order valence-corrected chi connectivity index (χ4v) is 4.33. The van der Waals surface area contributed by atoms with Gasteiger partial charge in [-0.05, 0) is 55.7 Å². The number of unbranched alkanes of at least 4 members (excludes halogenated alkanes) is 1. The van der Waals surface area contributed by atoms with E-state index in [4.69, 9.17) is 9.47 Å². The van der Waals surface area contributed by atoms with Gasteiger partial charge in [-0.2, -0.15) is 0 Å². The van der Waals surface area contributed by atoms with Crippen LogP contribution >= 0.6 is 0 Å². The number of hydrogen-bond donors (Lipinski definition) is 0. The average Bonchev–Trinajstić information content (AvgIpc) is 2.86. The van der Waals surface area contributed by atoms with Crippen LogP contribution in [0.2, 0.25) is 0 Å². The molecule has 4 nitrogen and oxygen atoms in total. The molecule has 0 amide bonds. The van der Waals surface area contributed by atoms with Crippen LogP contribution in [0.15, 0.2) is 96.6 Å². The van der Waals surface area contributed by atoms with Crippen LogP contribution in [0.1, 0.15) is 70.1 Å². The van der Waals surface area contributed by atoms with E-state index in [9.17, 15) is 9.59 Å². The Morgan fingerprint density at radius 2 is 1.50 bits per heavy atom. The second-order valence-electron chi connectivity index (χ2n) is 9.31. The van der Waals surface area contributed by atoms with Gasteiger partial charge in [0.2, 0.25) is 0 Å². The highest BCUT2D eigenvalue weighted by atomic mass is 16.5. The fourth-order valence-electron chi connectivity index (χ4n) is 4.33. The standard InChI is InChI=1S/C32H39O4/c1-5-14-30(35-24-33)20-13-12-15-25(2)21-26(3)22-27(4)23-31(34)36-32(28-16-8-6-9-17-28)29-18-10-7-11-19-29/h5-11,14,16-19,22-25,30,32H,1,12-13,15,20-21H2,2-4H3/b26-22+,27-23+/t25-,30-/m1/s1. The zero-order valence-electron chi connectivity index (χ0n) is 21.8. The molecule has 2 rings (SSSR count). The van der Waals surface area contributed by atoms with Gasteiger partial charge in [0.05, 0.1) is 0 Å². The van der Waals surface area contributed by atoms with Crippen molar-refractivity contribution in [1.29, 1.82) is 0 Å². The van der Waals surface area contributed by atoms with Gasteiger partial charge < -0.3 is 9.47 Å². The van der Waals surface area contributed by atoms with E-state index in [0.29, 0.717) is 12.4 Å². The van der Waals surface area contributed by atoms with Crippen LogP contribution < -0.4 is 0 Å². The first-order chi connectivity index (χ1) is 17.4. The molecule has 0 N–H and O–H groups in total. The van der Waals surface area contributed by atoms with Gasteiger partial charge in [0.25, 0.3) is 6.47 Å². The van der Waals surface area contributed by atoms with Gasteiger partial charge in [-0.15, -0.1) is 6.58 Å². The maximum absolute atomic E-state index is 12.8. The van der Waals surface area contributed by atoms with E-state index in [2.05, 4.69) is 26.5 Å². The maximum Gasteiger partial charge on any atom is 0.331 e. The molecule has 0 bridgehead atoms. The first kappa shape index (κ1) is 28.8. The molecular formula is C32H39O4. The molecule has 4 heteroatoms. The number of hydrogen-bond acceptors (Lipinski definition) is 4. The monoisotopic (exact) mass is 487 g/mol. The van der Waals surface area contributed by atoms with Crippen LogP contribution in [0, 0.1) is 12.3 Å². The minimum absolute atomic E-state index is 0.187. The summed E-state index contributed by atoms with van der Waals surface area (Å²) in [7, 11) is 0. The van der Waals surface area contributed by atoms with Gasteiger partial charge in [0, 0.05) is 12.5 Å². The highest BCUT2D eigenvalue weighted by molar-refractivity contribution is 5.83. The zero-order valence-corrected chi connectivity index (χ0v) is 21.8. The van der Waals surface area contributed by atoms with Crippen molar-refractivity contribution in [2.45, 2.75) is 65.1 Å². The molecule has 0 saturated carbocycles. The van der Waals surface area contributed by atoms with Gasteiger partial charge in [-0.1, -0.05) is 98.2 Å². The van der Waals surface area contributed by atoms with Crippen LogP contribution in [0.5, 0.6) is 0 Å². The summed E-state index contributed by atoms with van der Waals surface area (Å²) in [6, 6.07) is 19.6. The third kappa shape index (κ3) is 10.9. The quantitative estimate of drug-likeness (QED) is 0.0799. The SMILES string of the molecule is C=C[CH][C@H](CCCC[C@@H](C)C/C(C)=C/C(C)=C/C(=O)OC(c1ccccc1)c1ccccc1)OC=O. The van der Waals surface area contributed by atoms with Crippen LogP contribution in [0.25, 0.3) is 0 Å². The van der Waals surface area contributed by atoms with Gasteiger partial charge in [-0.25, -0.2) is 4.79 Å². The molecular weight excluding hydrogens is 448 g/mol. The van der Waals surface area contributed by atoms with Crippen LogP contribution in [-0.4, -0.2) is 18.5 Å². The average molecular weight is 488 g/mol. The summed E-state index contributed by atoms with van der Waals surface area (Å²) >= 11 is 0. The van der Waals surface area contributed by atoms with Crippen molar-refractivity contribution in [3.63, 3.8) is 0 Å². The van der Waals surface area contributed by atoms with Crippen molar-refractivity contribution < 1.29 is 19.1 Å². The number of carbonyl (C=O) groups excluding carboxylic acids is 2. The summed E-state index contributed by atoms with van der Waals surface area (Å²) in [6.45, 7) is 10.4. The number of rotatable bonds is 16. The van der Waals surface area contributed by atoms with Gasteiger partial charge in [0.15, 0.2) is 6.10 Å². The predicted molar refractivity (Wildman–Crippen MR) is 146 cm³/mol. The summed E-state index contributed by atoms with van der Waals surface area (Å²) in [6.07, 6.45) is 11.4. The van der Waals surface area contributed by atoms with Crippen LogP contribution in [-0.2, 0) is 19.1 Å². The lowest BCUT2D eigenvalue weighted by Gasteiger charge is -2.18. The lowest BCUT2D eigenvalue weighted by atomic mass is 9.94. The number of esters is 1. The molecule has 36 heavy (non-hydrogen) atoms. The Hall–Kier alpha value is -3.40. The lowest BCUT2D eigenvalue weighted by Crippen LogP contribution is -2.11. The summed E-state index contributed by atoms with van der Waals surface area (Å²) < 4.78 is 10.9. The molecule has 0 aliphatic heterocycles. The highest BCUT2D eigenvalue weighted by Crippen LogP contribution is 2.26. The molecule has 191 valence electrons. The first-order valence-corrected chi connectivity index (χ1v) is 12.6. The normalized spacial score (nSPS) is 13.7. The van der Waals surface area contributed by atoms with Gasteiger partial charge in [0.1, 0.15) is 6.10 Å². The molecule has 0 aliphatic carbocycles. The fraction of sp³-hybridized carbons (Fsp3) is 0.344.